The Hall–Kier alpha value is -4.39. The summed E-state index contributed by atoms with van der Waals surface area (Å²) in [6.45, 7) is 0.809. The Balaban J connectivity index is 1.34. The van der Waals surface area contributed by atoms with Crippen molar-refractivity contribution in [3.8, 4) is 11.5 Å². The van der Waals surface area contributed by atoms with Crippen LogP contribution in [-0.4, -0.2) is 33.7 Å². The van der Waals surface area contributed by atoms with E-state index in [9.17, 15) is 14.7 Å². The highest BCUT2D eigenvalue weighted by Gasteiger charge is 2.15. The molecule has 1 aliphatic rings. The number of fused-ring (bicyclic) bond motifs is 2. The van der Waals surface area contributed by atoms with E-state index in [1.165, 1.54) is 12.1 Å². The molecule has 1 aliphatic heterocycles. The zero-order chi connectivity index (χ0) is 23.7. The maximum atomic E-state index is 12.7. The molecule has 7 heteroatoms. The fourth-order valence-corrected chi connectivity index (χ4v) is 4.02. The number of hydrogen-bond acceptors (Lipinski definition) is 6. The Labute approximate surface area is 195 Å². The van der Waals surface area contributed by atoms with Gasteiger partial charge in [0.1, 0.15) is 18.1 Å². The zero-order valence-corrected chi connectivity index (χ0v) is 18.2. The SMILES string of the molecule is O=C(O)c1ccc(Cc2cnc3ccc(C(=O)OCc4ccc5c(c4)CCO5)cc3c2O)cc1. The van der Waals surface area contributed by atoms with E-state index < -0.39 is 11.9 Å². The molecule has 3 aromatic carbocycles. The molecule has 0 radical (unpaired) electrons. The molecule has 7 nitrogen and oxygen atoms in total. The van der Waals surface area contributed by atoms with E-state index >= 15 is 0 Å². The molecule has 0 unspecified atom stereocenters. The van der Waals surface area contributed by atoms with Crippen LogP contribution in [-0.2, 0) is 24.2 Å². The first-order valence-electron chi connectivity index (χ1n) is 10.8. The molecule has 34 heavy (non-hydrogen) atoms. The van der Waals surface area contributed by atoms with Crippen LogP contribution in [0.15, 0.2) is 66.9 Å². The second-order valence-electron chi connectivity index (χ2n) is 8.16. The monoisotopic (exact) mass is 455 g/mol. The third kappa shape index (κ3) is 4.28. The first-order chi connectivity index (χ1) is 16.5. The molecule has 0 atom stereocenters. The van der Waals surface area contributed by atoms with Crippen molar-refractivity contribution in [2.75, 3.05) is 6.61 Å². The highest BCUT2D eigenvalue weighted by molar-refractivity contribution is 5.96. The number of carboxylic acids is 1. The highest BCUT2D eigenvalue weighted by Crippen LogP contribution is 2.30. The van der Waals surface area contributed by atoms with Crippen molar-refractivity contribution < 1.29 is 29.3 Å². The molecule has 0 fully saturated rings. The standard InChI is InChI=1S/C27H21NO6/c29-25-21(11-16-1-4-18(5-2-16)26(30)31)14-28-23-7-6-20(13-22(23)25)27(32)34-15-17-3-8-24-19(12-17)9-10-33-24/h1-8,12-14H,9-11,15H2,(H,28,29)(H,30,31). The average molecular weight is 455 g/mol. The summed E-state index contributed by atoms with van der Waals surface area (Å²) in [6, 6.07) is 17.1. The van der Waals surface area contributed by atoms with Gasteiger partial charge in [-0.2, -0.15) is 0 Å². The first kappa shape index (κ1) is 21.5. The fourth-order valence-electron chi connectivity index (χ4n) is 4.02. The lowest BCUT2D eigenvalue weighted by atomic mass is 10.0. The Bertz CT molecular complexity index is 1410. The van der Waals surface area contributed by atoms with Crippen molar-refractivity contribution in [1.29, 1.82) is 0 Å². The van der Waals surface area contributed by atoms with Crippen molar-refractivity contribution in [3.63, 3.8) is 0 Å². The number of benzene rings is 3. The first-order valence-corrected chi connectivity index (χ1v) is 10.8. The summed E-state index contributed by atoms with van der Waals surface area (Å²) in [7, 11) is 0. The number of carbonyl (C=O) groups excluding carboxylic acids is 1. The summed E-state index contributed by atoms with van der Waals surface area (Å²) in [5.74, 6) is -0.583. The van der Waals surface area contributed by atoms with E-state index in [0.717, 1.165) is 28.9 Å². The molecule has 5 rings (SSSR count). The number of hydrogen-bond donors (Lipinski definition) is 2. The summed E-state index contributed by atoms with van der Waals surface area (Å²) in [5, 5.41) is 20.4. The largest absolute Gasteiger partial charge is 0.507 e. The van der Waals surface area contributed by atoms with Crippen LogP contribution in [0.1, 0.15) is 43.0 Å². The number of aromatic carboxylic acids is 1. The summed E-state index contributed by atoms with van der Waals surface area (Å²) in [5.41, 5.74) is 4.47. The van der Waals surface area contributed by atoms with E-state index in [-0.39, 0.29) is 17.9 Å². The average Bonchev–Trinajstić information content (AvgIpc) is 3.32. The molecular formula is C27H21NO6. The van der Waals surface area contributed by atoms with Gasteiger partial charge in [0.15, 0.2) is 0 Å². The van der Waals surface area contributed by atoms with Gasteiger partial charge in [-0.1, -0.05) is 18.2 Å². The van der Waals surface area contributed by atoms with Gasteiger partial charge in [-0.15, -0.1) is 0 Å². The normalized spacial score (nSPS) is 12.2. The zero-order valence-electron chi connectivity index (χ0n) is 18.2. The van der Waals surface area contributed by atoms with Crippen molar-refractivity contribution in [3.05, 3.63) is 100 Å². The van der Waals surface area contributed by atoms with E-state index in [2.05, 4.69) is 4.98 Å². The van der Waals surface area contributed by atoms with Crippen molar-refractivity contribution in [2.24, 2.45) is 0 Å². The van der Waals surface area contributed by atoms with Gasteiger partial charge in [0.05, 0.1) is 23.3 Å². The molecule has 0 aliphatic carbocycles. The molecule has 1 aromatic heterocycles. The molecule has 2 N–H and O–H groups in total. The number of carbonyl (C=O) groups is 2. The second kappa shape index (κ2) is 8.86. The van der Waals surface area contributed by atoms with Gasteiger partial charge in [0.2, 0.25) is 0 Å². The number of pyridine rings is 1. The summed E-state index contributed by atoms with van der Waals surface area (Å²) in [6.07, 6.45) is 2.80. The predicted octanol–water partition coefficient (Wildman–Crippen LogP) is 4.52. The fraction of sp³-hybridized carbons (Fsp3) is 0.148. The van der Waals surface area contributed by atoms with Crippen molar-refractivity contribution in [1.82, 2.24) is 4.98 Å². The van der Waals surface area contributed by atoms with Crippen LogP contribution in [0.4, 0.5) is 0 Å². The molecule has 4 aromatic rings. The van der Waals surface area contributed by atoms with Crippen LogP contribution in [0.2, 0.25) is 0 Å². The van der Waals surface area contributed by atoms with E-state index in [0.29, 0.717) is 35.1 Å². The number of nitrogens with zero attached hydrogens (tertiary/aromatic N) is 1. The lowest BCUT2D eigenvalue weighted by Crippen LogP contribution is -2.05. The number of aromatic nitrogens is 1. The Morgan fingerprint density at radius 3 is 2.53 bits per heavy atom. The summed E-state index contributed by atoms with van der Waals surface area (Å²) in [4.78, 5) is 28.1. The molecule has 0 bridgehead atoms. The third-order valence-electron chi connectivity index (χ3n) is 5.87. The molecule has 2 heterocycles. The van der Waals surface area contributed by atoms with Gasteiger partial charge in [0.25, 0.3) is 0 Å². The van der Waals surface area contributed by atoms with Gasteiger partial charge in [-0.25, -0.2) is 9.59 Å². The van der Waals surface area contributed by atoms with Crippen LogP contribution in [0.3, 0.4) is 0 Å². The van der Waals surface area contributed by atoms with Gasteiger partial charge in [0, 0.05) is 30.0 Å². The lowest BCUT2D eigenvalue weighted by Gasteiger charge is -2.10. The number of carboxylic acid groups (broad SMARTS) is 1. The van der Waals surface area contributed by atoms with E-state index in [4.69, 9.17) is 14.6 Å². The van der Waals surface area contributed by atoms with E-state index in [1.54, 1.807) is 36.5 Å². The second-order valence-corrected chi connectivity index (χ2v) is 8.16. The lowest BCUT2D eigenvalue weighted by molar-refractivity contribution is 0.0472. The highest BCUT2D eigenvalue weighted by atomic mass is 16.5. The minimum absolute atomic E-state index is 0.0283. The predicted molar refractivity (Wildman–Crippen MR) is 124 cm³/mol. The van der Waals surface area contributed by atoms with Gasteiger partial charge < -0.3 is 19.7 Å². The van der Waals surface area contributed by atoms with Crippen molar-refractivity contribution in [2.45, 2.75) is 19.4 Å². The molecule has 0 amide bonds. The number of ether oxygens (including phenoxy) is 2. The van der Waals surface area contributed by atoms with Crippen LogP contribution in [0.25, 0.3) is 10.9 Å². The molecule has 0 saturated heterocycles. The third-order valence-corrected chi connectivity index (χ3v) is 5.87. The maximum Gasteiger partial charge on any atom is 0.338 e. The van der Waals surface area contributed by atoms with E-state index in [1.807, 2.05) is 18.2 Å². The molecule has 0 spiro atoms. The summed E-state index contributed by atoms with van der Waals surface area (Å²) < 4.78 is 11.0. The number of esters is 1. The minimum Gasteiger partial charge on any atom is -0.507 e. The Morgan fingerprint density at radius 2 is 1.74 bits per heavy atom. The van der Waals surface area contributed by atoms with Crippen LogP contribution in [0, 0.1) is 0 Å². The van der Waals surface area contributed by atoms with Crippen LogP contribution < -0.4 is 4.74 Å². The molecule has 170 valence electrons. The Kier molecular flexibility index (Phi) is 5.59. The number of aromatic hydroxyl groups is 1. The molecular weight excluding hydrogens is 434 g/mol. The minimum atomic E-state index is -0.994. The molecule has 0 saturated carbocycles. The maximum absolute atomic E-state index is 12.7. The van der Waals surface area contributed by atoms with Gasteiger partial charge in [-0.05, 0) is 59.2 Å². The van der Waals surface area contributed by atoms with Crippen LogP contribution >= 0.6 is 0 Å². The van der Waals surface area contributed by atoms with Crippen molar-refractivity contribution >= 4 is 22.8 Å². The number of rotatable bonds is 6. The summed E-state index contributed by atoms with van der Waals surface area (Å²) >= 11 is 0. The quantitative estimate of drug-likeness (QED) is 0.412. The van der Waals surface area contributed by atoms with Crippen LogP contribution in [0.5, 0.6) is 11.5 Å². The smallest absolute Gasteiger partial charge is 0.338 e. The van der Waals surface area contributed by atoms with Gasteiger partial charge >= 0.3 is 11.9 Å². The topological polar surface area (TPSA) is 106 Å². The van der Waals surface area contributed by atoms with Gasteiger partial charge in [-0.3, -0.25) is 4.98 Å². The Morgan fingerprint density at radius 1 is 0.971 bits per heavy atom.